The fourth-order valence-electron chi connectivity index (χ4n) is 3.46. The molecule has 5 nitrogen and oxygen atoms in total. The summed E-state index contributed by atoms with van der Waals surface area (Å²) in [5.41, 5.74) is 6.28. The van der Waals surface area contributed by atoms with E-state index in [1.165, 1.54) is 11.1 Å². The quantitative estimate of drug-likeness (QED) is 0.557. The van der Waals surface area contributed by atoms with Gasteiger partial charge in [-0.1, -0.05) is 35.9 Å². The van der Waals surface area contributed by atoms with Crippen molar-refractivity contribution in [2.45, 2.75) is 45.6 Å². The van der Waals surface area contributed by atoms with Crippen molar-refractivity contribution >= 4 is 21.6 Å². The molecule has 0 aliphatic heterocycles. The summed E-state index contributed by atoms with van der Waals surface area (Å²) in [6.07, 6.45) is 0. The minimum absolute atomic E-state index is 0.173. The number of carbonyl (C=O) groups is 1. The molecule has 162 valence electrons. The van der Waals surface area contributed by atoms with E-state index in [0.717, 1.165) is 16.7 Å². The summed E-state index contributed by atoms with van der Waals surface area (Å²) in [7, 11) is -3.73. The molecule has 0 aliphatic rings. The molecule has 31 heavy (non-hydrogen) atoms. The molecule has 0 saturated heterocycles. The molecule has 0 aromatic heterocycles. The lowest BCUT2D eigenvalue weighted by Crippen LogP contribution is -2.27. The van der Waals surface area contributed by atoms with Crippen LogP contribution in [-0.4, -0.2) is 14.3 Å². The van der Waals surface area contributed by atoms with Crippen LogP contribution < -0.4 is 10.0 Å². The fourth-order valence-corrected chi connectivity index (χ4v) is 4.51. The van der Waals surface area contributed by atoms with Crippen LogP contribution in [0.1, 0.15) is 51.1 Å². The van der Waals surface area contributed by atoms with Gasteiger partial charge in [-0.3, -0.25) is 9.52 Å². The molecule has 1 amide bonds. The van der Waals surface area contributed by atoms with Crippen LogP contribution in [0.5, 0.6) is 0 Å². The highest BCUT2D eigenvalue weighted by molar-refractivity contribution is 7.92. The molecule has 1 atom stereocenters. The van der Waals surface area contributed by atoms with Crippen molar-refractivity contribution in [1.29, 1.82) is 0 Å². The molecular weight excluding hydrogens is 408 g/mol. The molecular formula is C25H28N2O3S. The van der Waals surface area contributed by atoms with Gasteiger partial charge in [0.2, 0.25) is 0 Å². The number of nitrogens with one attached hydrogen (secondary N) is 2. The Labute approximate surface area is 184 Å². The molecule has 0 radical (unpaired) electrons. The lowest BCUT2D eigenvalue weighted by atomic mass is 9.96. The van der Waals surface area contributed by atoms with Crippen LogP contribution in [0.3, 0.4) is 0 Å². The summed E-state index contributed by atoms with van der Waals surface area (Å²) in [5.74, 6) is -0.262. The zero-order chi connectivity index (χ0) is 22.8. The van der Waals surface area contributed by atoms with E-state index in [2.05, 4.69) is 36.0 Å². The molecule has 6 heteroatoms. The smallest absolute Gasteiger partial charge is 0.261 e. The molecule has 0 heterocycles. The molecule has 0 saturated carbocycles. The summed E-state index contributed by atoms with van der Waals surface area (Å²) >= 11 is 0. The van der Waals surface area contributed by atoms with Crippen molar-refractivity contribution in [3.8, 4) is 0 Å². The Morgan fingerprint density at radius 3 is 2.16 bits per heavy atom. The van der Waals surface area contributed by atoms with E-state index in [4.69, 9.17) is 0 Å². The zero-order valence-electron chi connectivity index (χ0n) is 18.5. The summed E-state index contributed by atoms with van der Waals surface area (Å²) in [6, 6.07) is 17.1. The molecule has 2 N–H and O–H groups in total. The highest BCUT2D eigenvalue weighted by atomic mass is 32.2. The first-order valence-electron chi connectivity index (χ1n) is 10.1. The summed E-state index contributed by atoms with van der Waals surface area (Å²) in [6.45, 7) is 9.99. The van der Waals surface area contributed by atoms with E-state index >= 15 is 0 Å². The van der Waals surface area contributed by atoms with Crippen LogP contribution in [0.2, 0.25) is 0 Å². The molecule has 0 fully saturated rings. The van der Waals surface area contributed by atoms with Gasteiger partial charge >= 0.3 is 0 Å². The van der Waals surface area contributed by atoms with Crippen molar-refractivity contribution in [3.63, 3.8) is 0 Å². The van der Waals surface area contributed by atoms with Crippen LogP contribution in [0.25, 0.3) is 0 Å². The van der Waals surface area contributed by atoms with Crippen LogP contribution in [0, 0.1) is 27.7 Å². The summed E-state index contributed by atoms with van der Waals surface area (Å²) in [4.78, 5) is 13.0. The largest absolute Gasteiger partial charge is 0.346 e. The Hall–Kier alpha value is -3.12. The summed E-state index contributed by atoms with van der Waals surface area (Å²) in [5, 5.41) is 3.01. The van der Waals surface area contributed by atoms with Gasteiger partial charge in [0, 0.05) is 11.3 Å². The Bertz CT molecular complexity index is 1220. The van der Waals surface area contributed by atoms with E-state index in [9.17, 15) is 13.2 Å². The average molecular weight is 437 g/mol. The van der Waals surface area contributed by atoms with E-state index in [-0.39, 0.29) is 16.8 Å². The van der Waals surface area contributed by atoms with Gasteiger partial charge in [0.15, 0.2) is 0 Å². The number of sulfonamides is 1. The first-order valence-corrected chi connectivity index (χ1v) is 11.6. The van der Waals surface area contributed by atoms with Gasteiger partial charge in [-0.15, -0.1) is 0 Å². The second-order valence-corrected chi connectivity index (χ2v) is 9.67. The second-order valence-electron chi connectivity index (χ2n) is 7.99. The van der Waals surface area contributed by atoms with Gasteiger partial charge < -0.3 is 5.32 Å². The summed E-state index contributed by atoms with van der Waals surface area (Å²) < 4.78 is 27.8. The highest BCUT2D eigenvalue weighted by Crippen LogP contribution is 2.23. The number of hydrogen-bond acceptors (Lipinski definition) is 3. The SMILES string of the molecule is Cc1ccc(S(=O)(=O)Nc2cccc(C(=O)NC(C)c3cc(C)c(C)cc3C)c2)cc1. The van der Waals surface area contributed by atoms with Crippen LogP contribution in [-0.2, 0) is 10.0 Å². The number of amides is 1. The number of hydrogen-bond donors (Lipinski definition) is 2. The van der Waals surface area contributed by atoms with E-state index in [0.29, 0.717) is 11.3 Å². The molecule has 0 spiro atoms. The predicted octanol–water partition coefficient (Wildman–Crippen LogP) is 5.21. The van der Waals surface area contributed by atoms with Crippen molar-refractivity contribution in [1.82, 2.24) is 5.32 Å². The van der Waals surface area contributed by atoms with E-state index in [1.807, 2.05) is 20.8 Å². The van der Waals surface area contributed by atoms with Crippen LogP contribution in [0.15, 0.2) is 65.6 Å². The maximum absolute atomic E-state index is 12.8. The topological polar surface area (TPSA) is 75.3 Å². The fraction of sp³-hybridized carbons (Fsp3) is 0.240. The molecule has 0 aliphatic carbocycles. The third-order valence-electron chi connectivity index (χ3n) is 5.40. The van der Waals surface area contributed by atoms with Crippen LogP contribution in [0.4, 0.5) is 5.69 Å². The molecule has 3 aromatic carbocycles. The monoisotopic (exact) mass is 436 g/mol. The minimum atomic E-state index is -3.73. The normalized spacial score (nSPS) is 12.3. The molecule has 3 rings (SSSR count). The van der Waals surface area contributed by atoms with Gasteiger partial charge in [0.25, 0.3) is 15.9 Å². The molecule has 0 bridgehead atoms. The van der Waals surface area contributed by atoms with E-state index in [1.54, 1.807) is 48.5 Å². The van der Waals surface area contributed by atoms with E-state index < -0.39 is 10.0 Å². The van der Waals surface area contributed by atoms with Crippen molar-refractivity contribution in [2.24, 2.45) is 0 Å². The number of anilines is 1. The lowest BCUT2D eigenvalue weighted by Gasteiger charge is -2.19. The highest BCUT2D eigenvalue weighted by Gasteiger charge is 2.17. The maximum Gasteiger partial charge on any atom is 0.261 e. The number of aryl methyl sites for hydroxylation is 4. The Kier molecular flexibility index (Phi) is 6.51. The first-order chi connectivity index (χ1) is 14.6. The molecule has 3 aromatic rings. The first kappa shape index (κ1) is 22.6. The minimum Gasteiger partial charge on any atom is -0.346 e. The number of carbonyl (C=O) groups excluding carboxylic acids is 1. The third-order valence-corrected chi connectivity index (χ3v) is 6.80. The number of rotatable bonds is 6. The molecule has 1 unspecified atom stereocenters. The zero-order valence-corrected chi connectivity index (χ0v) is 19.3. The maximum atomic E-state index is 12.8. The second kappa shape index (κ2) is 8.94. The Balaban J connectivity index is 1.77. The van der Waals surface area contributed by atoms with Gasteiger partial charge in [0.05, 0.1) is 10.9 Å². The lowest BCUT2D eigenvalue weighted by molar-refractivity contribution is 0.0940. The van der Waals surface area contributed by atoms with Crippen LogP contribution >= 0.6 is 0 Å². The van der Waals surface area contributed by atoms with Gasteiger partial charge in [0.1, 0.15) is 0 Å². The van der Waals surface area contributed by atoms with Gasteiger partial charge in [-0.2, -0.15) is 0 Å². The van der Waals surface area contributed by atoms with Crippen molar-refractivity contribution in [3.05, 3.63) is 94.0 Å². The Morgan fingerprint density at radius 2 is 1.48 bits per heavy atom. The standard InChI is InChI=1S/C25H28N2O3S/c1-16-9-11-23(12-10-16)31(29,30)27-22-8-6-7-21(15-22)25(28)26-20(5)24-14-18(3)17(2)13-19(24)4/h6-15,20,27H,1-5H3,(H,26,28). The number of benzene rings is 3. The van der Waals surface area contributed by atoms with Crippen molar-refractivity contribution in [2.75, 3.05) is 4.72 Å². The predicted molar refractivity (Wildman–Crippen MR) is 125 cm³/mol. The third kappa shape index (κ3) is 5.33. The average Bonchev–Trinajstić information content (AvgIpc) is 2.70. The van der Waals surface area contributed by atoms with Gasteiger partial charge in [-0.05, 0) is 87.2 Å². The van der Waals surface area contributed by atoms with Gasteiger partial charge in [-0.25, -0.2) is 8.42 Å². The Morgan fingerprint density at radius 1 is 0.839 bits per heavy atom. The van der Waals surface area contributed by atoms with Crippen molar-refractivity contribution < 1.29 is 13.2 Å².